The maximum Gasteiger partial charge on any atom is 0.320 e. The van der Waals surface area contributed by atoms with Crippen LogP contribution in [-0.2, 0) is 11.2 Å². The molecule has 2 aliphatic rings. The topological polar surface area (TPSA) is 86.9 Å². The van der Waals surface area contributed by atoms with Crippen LogP contribution in [0, 0.1) is 13.8 Å². The number of nitrogens with zero attached hydrogens (tertiary/aromatic N) is 7. The molecule has 0 aromatic carbocycles. The Kier molecular flexibility index (Phi) is 5.64. The lowest BCUT2D eigenvalue weighted by Crippen LogP contribution is -2.54. The van der Waals surface area contributed by atoms with Gasteiger partial charge in [0.15, 0.2) is 0 Å². The molecule has 29 heavy (non-hydrogen) atoms. The van der Waals surface area contributed by atoms with Crippen LogP contribution in [0.15, 0.2) is 6.33 Å². The van der Waals surface area contributed by atoms with Crippen molar-refractivity contribution < 1.29 is 9.59 Å². The summed E-state index contributed by atoms with van der Waals surface area (Å²) >= 11 is 0. The summed E-state index contributed by atoms with van der Waals surface area (Å²) in [5, 5.41) is 4.21. The second-order valence-electron chi connectivity index (χ2n) is 7.93. The Morgan fingerprint density at radius 2 is 1.59 bits per heavy atom. The molecular weight excluding hydrogens is 370 g/mol. The third-order valence-corrected chi connectivity index (χ3v) is 6.11. The number of piperidine rings is 1. The number of carbonyl (C=O) groups excluding carboxylic acids is 2. The summed E-state index contributed by atoms with van der Waals surface area (Å²) in [5.74, 6) is 0.720. The molecule has 4 rings (SSSR count). The Morgan fingerprint density at radius 1 is 0.931 bits per heavy atom. The first kappa shape index (κ1) is 19.6. The van der Waals surface area contributed by atoms with E-state index in [-0.39, 0.29) is 11.9 Å². The number of hydrogen-bond acceptors (Lipinski definition) is 5. The Labute approximate surface area is 170 Å². The van der Waals surface area contributed by atoms with E-state index >= 15 is 0 Å². The zero-order valence-electron chi connectivity index (χ0n) is 17.3. The van der Waals surface area contributed by atoms with Gasteiger partial charge in [-0.15, -0.1) is 0 Å². The van der Waals surface area contributed by atoms with E-state index in [1.54, 1.807) is 4.52 Å². The number of amides is 3. The molecule has 0 atom stereocenters. The lowest BCUT2D eigenvalue weighted by molar-refractivity contribution is -0.132. The summed E-state index contributed by atoms with van der Waals surface area (Å²) in [4.78, 5) is 39.7. The third-order valence-electron chi connectivity index (χ3n) is 6.11. The van der Waals surface area contributed by atoms with Crippen molar-refractivity contribution in [3.05, 3.63) is 23.3 Å². The number of aryl methyl sites for hydroxylation is 2. The quantitative estimate of drug-likeness (QED) is 0.779. The predicted octanol–water partition coefficient (Wildman–Crippen LogP) is 1.42. The van der Waals surface area contributed by atoms with Gasteiger partial charge in [-0.25, -0.2) is 14.3 Å². The normalized spacial score (nSPS) is 17.8. The van der Waals surface area contributed by atoms with E-state index in [0.29, 0.717) is 44.8 Å². The molecule has 3 amide bonds. The molecule has 2 aromatic rings. The number of likely N-dealkylation sites (tertiary alicyclic amines) is 1. The molecule has 2 aliphatic heterocycles. The van der Waals surface area contributed by atoms with Gasteiger partial charge in [-0.2, -0.15) is 10.1 Å². The van der Waals surface area contributed by atoms with Crippen LogP contribution >= 0.6 is 0 Å². The van der Waals surface area contributed by atoms with Gasteiger partial charge in [0.05, 0.1) is 0 Å². The lowest BCUT2D eigenvalue weighted by Gasteiger charge is -2.38. The van der Waals surface area contributed by atoms with Crippen molar-refractivity contribution in [1.29, 1.82) is 0 Å². The first-order chi connectivity index (χ1) is 14.0. The van der Waals surface area contributed by atoms with Gasteiger partial charge in [0.1, 0.15) is 6.33 Å². The molecule has 0 radical (unpaired) electrons. The molecule has 9 nitrogen and oxygen atoms in total. The Morgan fingerprint density at radius 3 is 2.31 bits per heavy atom. The summed E-state index contributed by atoms with van der Waals surface area (Å²) in [7, 11) is 0. The largest absolute Gasteiger partial charge is 0.339 e. The number of aromatic nitrogens is 4. The predicted molar refractivity (Wildman–Crippen MR) is 108 cm³/mol. The van der Waals surface area contributed by atoms with Crippen LogP contribution in [0.3, 0.4) is 0 Å². The molecule has 0 N–H and O–H groups in total. The third kappa shape index (κ3) is 4.04. The Balaban J connectivity index is 1.31. The minimum Gasteiger partial charge on any atom is -0.339 e. The van der Waals surface area contributed by atoms with E-state index in [9.17, 15) is 9.59 Å². The first-order valence-electron chi connectivity index (χ1n) is 10.5. The average molecular weight is 399 g/mol. The van der Waals surface area contributed by atoms with Crippen molar-refractivity contribution in [1.82, 2.24) is 34.3 Å². The van der Waals surface area contributed by atoms with Crippen molar-refractivity contribution >= 4 is 17.7 Å². The molecule has 2 saturated heterocycles. The standard InChI is InChI=1S/C20H29N7O2/c1-15-17(16(2)27-19(23-15)21-14-22-27)6-7-18(28)24-10-12-26(13-11-24)20(29)25-8-4-3-5-9-25/h14H,3-13H2,1-2H3. The van der Waals surface area contributed by atoms with E-state index < -0.39 is 0 Å². The van der Waals surface area contributed by atoms with Crippen LogP contribution < -0.4 is 0 Å². The highest BCUT2D eigenvalue weighted by molar-refractivity contribution is 5.78. The molecular formula is C20H29N7O2. The SMILES string of the molecule is Cc1nc2ncnn2c(C)c1CCC(=O)N1CCN(C(=O)N2CCCCC2)CC1. The van der Waals surface area contributed by atoms with Gasteiger partial charge in [-0.1, -0.05) is 0 Å². The van der Waals surface area contributed by atoms with Gasteiger partial charge in [0.2, 0.25) is 5.91 Å². The number of rotatable bonds is 3. The van der Waals surface area contributed by atoms with Gasteiger partial charge >= 0.3 is 6.03 Å². The molecule has 4 heterocycles. The molecule has 0 aliphatic carbocycles. The number of piperazine rings is 1. The molecule has 0 saturated carbocycles. The van der Waals surface area contributed by atoms with Crippen LogP contribution in [0.25, 0.3) is 5.78 Å². The van der Waals surface area contributed by atoms with Crippen molar-refractivity contribution in [2.24, 2.45) is 0 Å². The van der Waals surface area contributed by atoms with E-state index in [0.717, 1.165) is 42.9 Å². The van der Waals surface area contributed by atoms with Crippen LogP contribution in [0.5, 0.6) is 0 Å². The zero-order chi connectivity index (χ0) is 20.4. The van der Waals surface area contributed by atoms with E-state index in [4.69, 9.17) is 0 Å². The van der Waals surface area contributed by atoms with Crippen molar-refractivity contribution in [3.8, 4) is 0 Å². The van der Waals surface area contributed by atoms with Gasteiger partial charge in [0.25, 0.3) is 5.78 Å². The number of fused-ring (bicyclic) bond motifs is 1. The second kappa shape index (κ2) is 8.34. The second-order valence-corrected chi connectivity index (χ2v) is 7.93. The van der Waals surface area contributed by atoms with Gasteiger partial charge in [0, 0.05) is 57.1 Å². The fourth-order valence-corrected chi connectivity index (χ4v) is 4.34. The van der Waals surface area contributed by atoms with Gasteiger partial charge < -0.3 is 14.7 Å². The first-order valence-corrected chi connectivity index (χ1v) is 10.5. The summed E-state index contributed by atoms with van der Waals surface area (Å²) in [6.45, 7) is 8.11. The zero-order valence-corrected chi connectivity index (χ0v) is 17.3. The maximum absolute atomic E-state index is 12.7. The summed E-state index contributed by atoms with van der Waals surface area (Å²) in [6, 6.07) is 0.134. The lowest BCUT2D eigenvalue weighted by atomic mass is 10.1. The number of urea groups is 1. The fraction of sp³-hybridized carbons (Fsp3) is 0.650. The minimum atomic E-state index is 0.132. The summed E-state index contributed by atoms with van der Waals surface area (Å²) in [5.41, 5.74) is 2.93. The highest BCUT2D eigenvalue weighted by atomic mass is 16.2. The van der Waals surface area contributed by atoms with E-state index in [1.165, 1.54) is 12.7 Å². The van der Waals surface area contributed by atoms with Gasteiger partial charge in [-0.3, -0.25) is 4.79 Å². The van der Waals surface area contributed by atoms with Crippen molar-refractivity contribution in [2.45, 2.75) is 46.0 Å². The fourth-order valence-electron chi connectivity index (χ4n) is 4.34. The highest BCUT2D eigenvalue weighted by Gasteiger charge is 2.27. The molecule has 0 bridgehead atoms. The Hall–Kier alpha value is -2.71. The molecule has 9 heteroatoms. The molecule has 0 unspecified atom stereocenters. The van der Waals surface area contributed by atoms with Crippen LogP contribution in [-0.4, -0.2) is 85.5 Å². The summed E-state index contributed by atoms with van der Waals surface area (Å²) < 4.78 is 1.72. The Bertz CT molecular complexity index is 896. The molecule has 2 aromatic heterocycles. The average Bonchev–Trinajstić information content (AvgIpc) is 3.22. The monoisotopic (exact) mass is 399 g/mol. The van der Waals surface area contributed by atoms with E-state index in [2.05, 4.69) is 15.1 Å². The van der Waals surface area contributed by atoms with Crippen molar-refractivity contribution in [2.75, 3.05) is 39.3 Å². The smallest absolute Gasteiger partial charge is 0.320 e. The van der Waals surface area contributed by atoms with Crippen molar-refractivity contribution in [3.63, 3.8) is 0 Å². The molecule has 0 spiro atoms. The van der Waals surface area contributed by atoms with Crippen LogP contribution in [0.4, 0.5) is 4.79 Å². The van der Waals surface area contributed by atoms with Crippen LogP contribution in [0.2, 0.25) is 0 Å². The maximum atomic E-state index is 12.7. The molecule has 156 valence electrons. The van der Waals surface area contributed by atoms with Crippen LogP contribution in [0.1, 0.15) is 42.6 Å². The number of carbonyl (C=O) groups is 2. The summed E-state index contributed by atoms with van der Waals surface area (Å²) in [6.07, 6.45) is 5.96. The number of hydrogen-bond donors (Lipinski definition) is 0. The van der Waals surface area contributed by atoms with E-state index in [1.807, 2.05) is 28.5 Å². The minimum absolute atomic E-state index is 0.132. The highest BCUT2D eigenvalue weighted by Crippen LogP contribution is 2.17. The molecule has 2 fully saturated rings. The van der Waals surface area contributed by atoms with Gasteiger partial charge in [-0.05, 0) is 45.1 Å².